The number of nitrogens with one attached hydrogen (secondary N) is 4. The lowest BCUT2D eigenvalue weighted by Crippen LogP contribution is -2.19. The van der Waals surface area contributed by atoms with Crippen molar-refractivity contribution in [2.24, 2.45) is 0 Å². The number of hydrogen-bond donors (Lipinski definition) is 4. The van der Waals surface area contributed by atoms with E-state index in [4.69, 9.17) is 16.3 Å². The van der Waals surface area contributed by atoms with E-state index in [2.05, 4.69) is 31.2 Å². The Kier molecular flexibility index (Phi) is 6.60. The third-order valence-electron chi connectivity index (χ3n) is 5.21. The normalized spacial score (nSPS) is 12.8. The van der Waals surface area contributed by atoms with Gasteiger partial charge in [-0.05, 0) is 37.1 Å². The summed E-state index contributed by atoms with van der Waals surface area (Å²) in [5.41, 5.74) is 3.33. The van der Waals surface area contributed by atoms with Crippen molar-refractivity contribution in [1.82, 2.24) is 15.3 Å². The number of anilines is 5. The summed E-state index contributed by atoms with van der Waals surface area (Å²) in [6, 6.07) is 10.7. The predicted molar refractivity (Wildman–Crippen MR) is 128 cm³/mol. The van der Waals surface area contributed by atoms with Crippen LogP contribution in [0.1, 0.15) is 28.8 Å². The first kappa shape index (κ1) is 22.3. The van der Waals surface area contributed by atoms with E-state index in [9.17, 15) is 9.59 Å². The standard InChI is InChI=1S/C23H23ClN6O3/c1-25-22(32)14-6-3-4-8-16(14)28-21-15(24)12-26-23(30-21)29-18-11-10-17-13(20(18)33-2)7-5-9-19(31)27-17/h3-4,6,8,10-12H,5,7,9H2,1-2H3,(H,25,32)(H,27,31)(H2,26,28,29,30). The van der Waals surface area contributed by atoms with Crippen LogP contribution in [0.2, 0.25) is 5.02 Å². The molecule has 0 spiro atoms. The summed E-state index contributed by atoms with van der Waals surface area (Å²) in [5, 5.41) is 12.1. The van der Waals surface area contributed by atoms with Crippen LogP contribution in [0.25, 0.3) is 0 Å². The zero-order valence-corrected chi connectivity index (χ0v) is 18.9. The summed E-state index contributed by atoms with van der Waals surface area (Å²) in [6.45, 7) is 0. The highest BCUT2D eigenvalue weighted by atomic mass is 35.5. The molecule has 4 rings (SSSR count). The number of hydrogen-bond acceptors (Lipinski definition) is 7. The average molecular weight is 467 g/mol. The second-order valence-corrected chi connectivity index (χ2v) is 7.75. The maximum absolute atomic E-state index is 12.2. The number of carbonyl (C=O) groups is 2. The van der Waals surface area contributed by atoms with Gasteiger partial charge in [0.2, 0.25) is 11.9 Å². The van der Waals surface area contributed by atoms with Gasteiger partial charge in [-0.3, -0.25) is 9.59 Å². The lowest BCUT2D eigenvalue weighted by atomic mass is 10.1. The van der Waals surface area contributed by atoms with Gasteiger partial charge in [0, 0.05) is 24.7 Å². The molecule has 0 fully saturated rings. The molecular formula is C23H23ClN6O3. The highest BCUT2D eigenvalue weighted by Gasteiger charge is 2.20. The van der Waals surface area contributed by atoms with Gasteiger partial charge in [-0.15, -0.1) is 0 Å². The number of fused-ring (bicyclic) bond motifs is 1. The zero-order valence-electron chi connectivity index (χ0n) is 18.2. The molecule has 170 valence electrons. The van der Waals surface area contributed by atoms with E-state index in [0.29, 0.717) is 46.4 Å². The summed E-state index contributed by atoms with van der Waals surface area (Å²) in [6.07, 6.45) is 3.37. The number of carbonyl (C=O) groups excluding carboxylic acids is 2. The van der Waals surface area contributed by atoms with Crippen molar-refractivity contribution in [1.29, 1.82) is 0 Å². The van der Waals surface area contributed by atoms with Gasteiger partial charge in [0.15, 0.2) is 5.82 Å². The number of amides is 2. The van der Waals surface area contributed by atoms with Crippen LogP contribution >= 0.6 is 11.6 Å². The van der Waals surface area contributed by atoms with E-state index >= 15 is 0 Å². The number of methoxy groups -OCH3 is 1. The number of rotatable bonds is 6. The van der Waals surface area contributed by atoms with Gasteiger partial charge >= 0.3 is 0 Å². The van der Waals surface area contributed by atoms with Crippen LogP contribution in [0.4, 0.5) is 28.8 Å². The number of nitrogens with zero attached hydrogens (tertiary/aromatic N) is 2. The lowest BCUT2D eigenvalue weighted by Gasteiger charge is -2.17. The van der Waals surface area contributed by atoms with Gasteiger partial charge in [0.25, 0.3) is 5.91 Å². The van der Waals surface area contributed by atoms with Crippen molar-refractivity contribution in [3.8, 4) is 5.75 Å². The van der Waals surface area contributed by atoms with Gasteiger partial charge in [-0.1, -0.05) is 23.7 Å². The second-order valence-electron chi connectivity index (χ2n) is 7.34. The van der Waals surface area contributed by atoms with Crippen molar-refractivity contribution in [2.75, 3.05) is 30.1 Å². The third kappa shape index (κ3) is 4.83. The van der Waals surface area contributed by atoms with Crippen LogP contribution in [0.5, 0.6) is 5.75 Å². The van der Waals surface area contributed by atoms with E-state index in [-0.39, 0.29) is 17.8 Å². The van der Waals surface area contributed by atoms with Gasteiger partial charge in [0.05, 0.1) is 30.2 Å². The highest BCUT2D eigenvalue weighted by molar-refractivity contribution is 6.33. The Morgan fingerprint density at radius 3 is 2.73 bits per heavy atom. The molecule has 10 heteroatoms. The van der Waals surface area contributed by atoms with Crippen molar-refractivity contribution >= 4 is 52.2 Å². The van der Waals surface area contributed by atoms with Crippen LogP contribution < -0.4 is 26.0 Å². The van der Waals surface area contributed by atoms with E-state index in [0.717, 1.165) is 17.7 Å². The fourth-order valence-corrected chi connectivity index (χ4v) is 3.79. The SMILES string of the molecule is CNC(=O)c1ccccc1Nc1nc(Nc2ccc3c(c2OC)CCCC(=O)N3)ncc1Cl. The highest BCUT2D eigenvalue weighted by Crippen LogP contribution is 2.38. The summed E-state index contributed by atoms with van der Waals surface area (Å²) in [5.74, 6) is 1.00. The Balaban J connectivity index is 1.64. The Morgan fingerprint density at radius 2 is 1.94 bits per heavy atom. The first-order valence-electron chi connectivity index (χ1n) is 10.4. The monoisotopic (exact) mass is 466 g/mol. The maximum atomic E-state index is 12.2. The zero-order chi connectivity index (χ0) is 23.4. The van der Waals surface area contributed by atoms with Crippen molar-refractivity contribution in [2.45, 2.75) is 19.3 Å². The molecule has 0 atom stereocenters. The van der Waals surface area contributed by atoms with E-state index < -0.39 is 0 Å². The first-order chi connectivity index (χ1) is 16.0. The predicted octanol–water partition coefficient (Wildman–Crippen LogP) is 4.26. The van der Waals surface area contributed by atoms with Gasteiger partial charge in [-0.2, -0.15) is 4.98 Å². The van der Waals surface area contributed by atoms with Crippen molar-refractivity contribution in [3.63, 3.8) is 0 Å². The summed E-state index contributed by atoms with van der Waals surface area (Å²) in [7, 11) is 3.15. The van der Waals surface area contributed by atoms with Gasteiger partial charge in [-0.25, -0.2) is 4.98 Å². The summed E-state index contributed by atoms with van der Waals surface area (Å²) in [4.78, 5) is 32.8. The van der Waals surface area contributed by atoms with Gasteiger partial charge in [0.1, 0.15) is 10.8 Å². The minimum atomic E-state index is -0.233. The van der Waals surface area contributed by atoms with Crippen LogP contribution in [0.15, 0.2) is 42.6 Å². The molecule has 0 bridgehead atoms. The smallest absolute Gasteiger partial charge is 0.253 e. The molecular weight excluding hydrogens is 444 g/mol. The second kappa shape index (κ2) is 9.74. The van der Waals surface area contributed by atoms with E-state index in [1.54, 1.807) is 38.4 Å². The molecule has 1 aromatic heterocycles. The van der Waals surface area contributed by atoms with Crippen LogP contribution in [0.3, 0.4) is 0 Å². The molecule has 2 aromatic carbocycles. The molecule has 2 heterocycles. The minimum absolute atomic E-state index is 0.00898. The van der Waals surface area contributed by atoms with Crippen LogP contribution in [0, 0.1) is 0 Å². The molecule has 0 aliphatic carbocycles. The molecule has 1 aliphatic rings. The number of halogens is 1. The van der Waals surface area contributed by atoms with E-state index in [1.165, 1.54) is 6.20 Å². The molecule has 0 unspecified atom stereocenters. The lowest BCUT2D eigenvalue weighted by molar-refractivity contribution is -0.116. The quantitative estimate of drug-likeness (QED) is 0.428. The number of aromatic nitrogens is 2. The number of para-hydroxylation sites is 1. The molecule has 0 saturated carbocycles. The molecule has 3 aromatic rings. The third-order valence-corrected chi connectivity index (χ3v) is 5.49. The number of ether oxygens (including phenoxy) is 1. The Morgan fingerprint density at radius 1 is 1.12 bits per heavy atom. The summed E-state index contributed by atoms with van der Waals surface area (Å²) < 4.78 is 5.66. The average Bonchev–Trinajstić information content (AvgIpc) is 3.01. The molecule has 0 saturated heterocycles. The molecule has 4 N–H and O–H groups in total. The Bertz CT molecular complexity index is 1220. The van der Waals surface area contributed by atoms with Crippen molar-refractivity contribution in [3.05, 3.63) is 58.7 Å². The Hall–Kier alpha value is -3.85. The van der Waals surface area contributed by atoms with Gasteiger partial charge < -0.3 is 26.0 Å². The Labute approximate surface area is 195 Å². The van der Waals surface area contributed by atoms with Crippen LogP contribution in [-0.4, -0.2) is 35.9 Å². The minimum Gasteiger partial charge on any atom is -0.494 e. The van der Waals surface area contributed by atoms with Crippen LogP contribution in [-0.2, 0) is 11.2 Å². The molecule has 2 amide bonds. The molecule has 9 nitrogen and oxygen atoms in total. The molecule has 33 heavy (non-hydrogen) atoms. The molecule has 1 aliphatic heterocycles. The van der Waals surface area contributed by atoms with E-state index in [1.807, 2.05) is 12.1 Å². The number of benzene rings is 2. The summed E-state index contributed by atoms with van der Waals surface area (Å²) >= 11 is 6.32. The first-order valence-corrected chi connectivity index (χ1v) is 10.8. The fourth-order valence-electron chi connectivity index (χ4n) is 3.65. The van der Waals surface area contributed by atoms with Crippen molar-refractivity contribution < 1.29 is 14.3 Å². The maximum Gasteiger partial charge on any atom is 0.253 e. The molecule has 0 radical (unpaired) electrons. The fraction of sp³-hybridized carbons (Fsp3) is 0.217. The topological polar surface area (TPSA) is 117 Å². The largest absolute Gasteiger partial charge is 0.494 e.